The number of aromatic nitrogens is 1. The Kier molecular flexibility index (Phi) is 3.99. The summed E-state index contributed by atoms with van der Waals surface area (Å²) in [5.74, 6) is -0.254. The van der Waals surface area contributed by atoms with Crippen molar-refractivity contribution in [2.45, 2.75) is 13.8 Å². The number of carbonyl (C=O) groups excluding carboxylic acids is 1. The van der Waals surface area contributed by atoms with E-state index in [0.29, 0.717) is 0 Å². The maximum atomic E-state index is 12.3. The van der Waals surface area contributed by atoms with E-state index in [0.717, 1.165) is 16.7 Å². The first-order chi connectivity index (χ1) is 9.50. The van der Waals surface area contributed by atoms with Crippen LogP contribution in [-0.4, -0.2) is 10.4 Å². The Balaban J connectivity index is 2.40. The van der Waals surface area contributed by atoms with E-state index in [2.05, 4.69) is 0 Å². The van der Waals surface area contributed by atoms with Crippen molar-refractivity contribution < 1.29 is 4.79 Å². The fourth-order valence-electron chi connectivity index (χ4n) is 2.09. The van der Waals surface area contributed by atoms with Gasteiger partial charge < -0.3 is 4.57 Å². The molecule has 0 fully saturated rings. The number of pyridine rings is 1. The highest BCUT2D eigenvalue weighted by Crippen LogP contribution is 2.10. The Hall–Kier alpha value is -2.42. The Morgan fingerprint density at radius 2 is 1.80 bits per heavy atom. The van der Waals surface area contributed by atoms with Gasteiger partial charge in [-0.1, -0.05) is 36.4 Å². The monoisotopic (exact) mass is 267 g/mol. The molecule has 102 valence electrons. The summed E-state index contributed by atoms with van der Waals surface area (Å²) in [4.78, 5) is 24.4. The van der Waals surface area contributed by atoms with Gasteiger partial charge in [0.05, 0.1) is 5.56 Å². The van der Waals surface area contributed by atoms with Gasteiger partial charge in [-0.05, 0) is 36.6 Å². The molecule has 2 rings (SSSR count). The molecule has 0 unspecified atom stereocenters. The molecule has 3 nitrogen and oxygen atoms in total. The van der Waals surface area contributed by atoms with Crippen molar-refractivity contribution in [3.63, 3.8) is 0 Å². The lowest BCUT2D eigenvalue weighted by atomic mass is 10.0. The van der Waals surface area contributed by atoms with Crippen LogP contribution in [-0.2, 0) is 7.05 Å². The van der Waals surface area contributed by atoms with Crippen LogP contribution in [0.1, 0.15) is 27.0 Å². The second kappa shape index (κ2) is 5.70. The van der Waals surface area contributed by atoms with E-state index in [1.807, 2.05) is 37.3 Å². The first-order valence-corrected chi connectivity index (χ1v) is 6.45. The molecule has 0 radical (unpaired) electrons. The molecule has 20 heavy (non-hydrogen) atoms. The number of ketones is 1. The van der Waals surface area contributed by atoms with Crippen molar-refractivity contribution in [3.05, 3.63) is 75.2 Å². The van der Waals surface area contributed by atoms with Crippen LogP contribution in [0.5, 0.6) is 0 Å². The molecule has 0 spiro atoms. The smallest absolute Gasteiger partial charge is 0.261 e. The summed E-state index contributed by atoms with van der Waals surface area (Å²) in [5, 5.41) is 0. The Morgan fingerprint density at radius 1 is 1.15 bits per heavy atom. The fourth-order valence-corrected chi connectivity index (χ4v) is 2.09. The van der Waals surface area contributed by atoms with E-state index >= 15 is 0 Å². The summed E-state index contributed by atoms with van der Waals surface area (Å²) >= 11 is 0. The molecule has 1 heterocycles. The molecule has 0 aliphatic heterocycles. The number of hydrogen-bond acceptors (Lipinski definition) is 2. The number of aryl methyl sites for hydroxylation is 2. The zero-order valence-electron chi connectivity index (χ0n) is 11.9. The summed E-state index contributed by atoms with van der Waals surface area (Å²) in [6.45, 7) is 3.70. The molecular formula is C17H17NO2. The molecule has 0 N–H and O–H groups in total. The van der Waals surface area contributed by atoms with Crippen LogP contribution in [0, 0.1) is 13.8 Å². The highest BCUT2D eigenvalue weighted by molar-refractivity contribution is 6.07. The summed E-state index contributed by atoms with van der Waals surface area (Å²) in [5.41, 5.74) is 2.61. The lowest BCUT2D eigenvalue weighted by Gasteiger charge is -2.08. The maximum absolute atomic E-state index is 12.3. The van der Waals surface area contributed by atoms with E-state index < -0.39 is 0 Å². The zero-order valence-corrected chi connectivity index (χ0v) is 11.9. The molecule has 0 aliphatic rings. The van der Waals surface area contributed by atoms with Crippen LogP contribution in [0.25, 0.3) is 6.08 Å². The quantitative estimate of drug-likeness (QED) is 0.633. The molecule has 0 saturated carbocycles. The van der Waals surface area contributed by atoms with Crippen molar-refractivity contribution in [1.82, 2.24) is 4.57 Å². The van der Waals surface area contributed by atoms with Gasteiger partial charge in [-0.2, -0.15) is 0 Å². The number of carbonyl (C=O) groups is 1. The molecule has 0 amide bonds. The predicted octanol–water partition coefficient (Wildman–Crippen LogP) is 2.90. The van der Waals surface area contributed by atoms with Crippen molar-refractivity contribution in [1.29, 1.82) is 0 Å². The predicted molar refractivity (Wildman–Crippen MR) is 81.0 cm³/mol. The van der Waals surface area contributed by atoms with Crippen molar-refractivity contribution >= 4 is 11.9 Å². The van der Waals surface area contributed by atoms with Crippen molar-refractivity contribution in [2.24, 2.45) is 7.05 Å². The second-order valence-corrected chi connectivity index (χ2v) is 4.84. The molecule has 0 atom stereocenters. The van der Waals surface area contributed by atoms with E-state index in [-0.39, 0.29) is 16.9 Å². The van der Waals surface area contributed by atoms with Crippen LogP contribution >= 0.6 is 0 Å². The summed E-state index contributed by atoms with van der Waals surface area (Å²) in [6, 6.07) is 9.54. The highest BCUT2D eigenvalue weighted by atomic mass is 16.1. The molecule has 0 bridgehead atoms. The number of hydrogen-bond donors (Lipinski definition) is 0. The lowest BCUT2D eigenvalue weighted by Crippen LogP contribution is -2.25. The Bertz CT molecular complexity index is 725. The van der Waals surface area contributed by atoms with E-state index in [9.17, 15) is 9.59 Å². The van der Waals surface area contributed by atoms with Crippen LogP contribution in [0.15, 0.2) is 47.4 Å². The van der Waals surface area contributed by atoms with Gasteiger partial charge in [-0.3, -0.25) is 9.59 Å². The minimum absolute atomic E-state index is 0.250. The van der Waals surface area contributed by atoms with Gasteiger partial charge in [-0.15, -0.1) is 0 Å². The lowest BCUT2D eigenvalue weighted by molar-refractivity contribution is 0.104. The Labute approximate surface area is 118 Å². The van der Waals surface area contributed by atoms with Crippen molar-refractivity contribution in [3.8, 4) is 0 Å². The minimum atomic E-state index is -0.254. The van der Waals surface area contributed by atoms with Gasteiger partial charge in [0.15, 0.2) is 5.78 Å². The van der Waals surface area contributed by atoms with Crippen molar-refractivity contribution in [2.75, 3.05) is 0 Å². The van der Waals surface area contributed by atoms with Crippen LogP contribution in [0.3, 0.4) is 0 Å². The molecular weight excluding hydrogens is 250 g/mol. The van der Waals surface area contributed by atoms with Gasteiger partial charge in [0.1, 0.15) is 0 Å². The number of nitrogens with zero attached hydrogens (tertiary/aromatic N) is 1. The zero-order chi connectivity index (χ0) is 14.7. The molecule has 1 aromatic heterocycles. The first kappa shape index (κ1) is 14.0. The summed E-state index contributed by atoms with van der Waals surface area (Å²) in [6.07, 6.45) is 4.93. The molecule has 3 heteroatoms. The van der Waals surface area contributed by atoms with Gasteiger partial charge in [0.2, 0.25) is 0 Å². The SMILES string of the molecule is Cc1cn(C)c(=O)c(C(=O)/C=C/c2ccccc2)c1C. The van der Waals surface area contributed by atoms with Crippen LogP contribution in [0.2, 0.25) is 0 Å². The fraction of sp³-hybridized carbons (Fsp3) is 0.176. The van der Waals surface area contributed by atoms with Crippen LogP contribution < -0.4 is 5.56 Å². The standard InChI is InChI=1S/C17H17NO2/c1-12-11-18(3)17(20)16(13(12)2)15(19)10-9-14-7-5-4-6-8-14/h4-11H,1-3H3/b10-9+. The molecule has 2 aromatic rings. The largest absolute Gasteiger partial charge is 0.318 e. The average molecular weight is 267 g/mol. The van der Waals surface area contributed by atoms with E-state index in [4.69, 9.17) is 0 Å². The van der Waals surface area contributed by atoms with Gasteiger partial charge in [0.25, 0.3) is 5.56 Å². The minimum Gasteiger partial charge on any atom is -0.318 e. The van der Waals surface area contributed by atoms with Gasteiger partial charge in [0, 0.05) is 13.2 Å². The van der Waals surface area contributed by atoms with Gasteiger partial charge in [-0.25, -0.2) is 0 Å². The van der Waals surface area contributed by atoms with E-state index in [1.54, 1.807) is 26.2 Å². The first-order valence-electron chi connectivity index (χ1n) is 6.45. The maximum Gasteiger partial charge on any atom is 0.261 e. The normalized spacial score (nSPS) is 10.9. The molecule has 0 aliphatic carbocycles. The molecule has 1 aromatic carbocycles. The third-order valence-corrected chi connectivity index (χ3v) is 3.36. The van der Waals surface area contributed by atoms with Gasteiger partial charge >= 0.3 is 0 Å². The van der Waals surface area contributed by atoms with Crippen LogP contribution in [0.4, 0.5) is 0 Å². The number of benzene rings is 1. The topological polar surface area (TPSA) is 39.1 Å². The number of rotatable bonds is 3. The molecule has 0 saturated heterocycles. The second-order valence-electron chi connectivity index (χ2n) is 4.84. The third kappa shape index (κ3) is 2.77. The summed E-state index contributed by atoms with van der Waals surface area (Å²) < 4.78 is 1.45. The highest BCUT2D eigenvalue weighted by Gasteiger charge is 2.14. The number of allylic oxidation sites excluding steroid dienone is 1. The third-order valence-electron chi connectivity index (χ3n) is 3.36. The summed E-state index contributed by atoms with van der Waals surface area (Å²) in [7, 11) is 1.66. The van der Waals surface area contributed by atoms with E-state index in [1.165, 1.54) is 10.6 Å². The Morgan fingerprint density at radius 3 is 2.45 bits per heavy atom. The average Bonchev–Trinajstić information content (AvgIpc) is 2.44.